The molecule has 2 fully saturated rings. The highest BCUT2D eigenvalue weighted by atomic mass is 16.4. The van der Waals surface area contributed by atoms with Gasteiger partial charge in [-0.25, -0.2) is 0 Å². The molecule has 0 aliphatic carbocycles. The zero-order chi connectivity index (χ0) is 20.7. The number of fused-ring (bicyclic) bond motifs is 2. The Kier molecular flexibility index (Phi) is 8.61. The average molecular weight is 400 g/mol. The van der Waals surface area contributed by atoms with Crippen molar-refractivity contribution in [1.29, 1.82) is 0 Å². The second-order valence-electron chi connectivity index (χ2n) is 7.87. The largest absolute Gasteiger partial charge is 0.480 e. The summed E-state index contributed by atoms with van der Waals surface area (Å²) in [4.78, 5) is 41.7. The van der Waals surface area contributed by atoms with Crippen molar-refractivity contribution in [3.63, 3.8) is 0 Å². The van der Waals surface area contributed by atoms with Crippen molar-refractivity contribution in [1.82, 2.24) is 19.6 Å². The van der Waals surface area contributed by atoms with Crippen molar-refractivity contribution in [2.24, 2.45) is 0 Å². The van der Waals surface area contributed by atoms with E-state index in [-0.39, 0.29) is 31.7 Å². The lowest BCUT2D eigenvalue weighted by Crippen LogP contribution is -2.57. The molecule has 0 unspecified atom stereocenters. The minimum Gasteiger partial charge on any atom is -0.480 e. The molecular weight excluding hydrogens is 368 g/mol. The fourth-order valence-corrected chi connectivity index (χ4v) is 4.26. The van der Waals surface area contributed by atoms with E-state index in [9.17, 15) is 24.6 Å². The van der Waals surface area contributed by atoms with Crippen LogP contribution in [0.25, 0.3) is 0 Å². The Balaban J connectivity index is 2.21. The van der Waals surface area contributed by atoms with Gasteiger partial charge in [-0.15, -0.1) is 0 Å². The van der Waals surface area contributed by atoms with E-state index in [1.807, 2.05) is 21.7 Å². The summed E-state index contributed by atoms with van der Waals surface area (Å²) in [7, 11) is 1.98. The first kappa shape index (κ1) is 22.5. The summed E-state index contributed by atoms with van der Waals surface area (Å²) in [6, 6.07) is 0.0776. The number of carboxylic acid groups (broad SMARTS) is 3. The summed E-state index contributed by atoms with van der Waals surface area (Å²) in [5, 5.41) is 27.8. The van der Waals surface area contributed by atoms with Crippen LogP contribution in [0.3, 0.4) is 0 Å². The third-order valence-electron chi connectivity index (χ3n) is 5.57. The van der Waals surface area contributed by atoms with Crippen LogP contribution in [0, 0.1) is 0 Å². The molecule has 0 amide bonds. The van der Waals surface area contributed by atoms with E-state index in [0.717, 1.165) is 19.3 Å². The summed E-state index contributed by atoms with van der Waals surface area (Å²) < 4.78 is 0. The number of carboxylic acids is 3. The number of aliphatic carboxylic acids is 3. The summed E-state index contributed by atoms with van der Waals surface area (Å²) >= 11 is 0. The molecule has 2 atom stereocenters. The van der Waals surface area contributed by atoms with E-state index in [0.29, 0.717) is 39.3 Å². The Bertz CT molecular complexity index is 560. The molecule has 0 spiro atoms. The van der Waals surface area contributed by atoms with E-state index in [4.69, 9.17) is 5.11 Å². The molecule has 2 aliphatic rings. The van der Waals surface area contributed by atoms with Gasteiger partial charge in [0.05, 0.1) is 19.6 Å². The highest BCUT2D eigenvalue weighted by molar-refractivity contribution is 5.70. The molecule has 0 aromatic carbocycles. The van der Waals surface area contributed by atoms with Crippen molar-refractivity contribution in [3.8, 4) is 0 Å². The monoisotopic (exact) mass is 400 g/mol. The van der Waals surface area contributed by atoms with Gasteiger partial charge in [0.25, 0.3) is 0 Å². The van der Waals surface area contributed by atoms with Crippen molar-refractivity contribution in [2.75, 3.05) is 66.0 Å². The summed E-state index contributed by atoms with van der Waals surface area (Å²) in [6.07, 6.45) is 2.74. The van der Waals surface area contributed by atoms with Crippen molar-refractivity contribution < 1.29 is 29.7 Å². The van der Waals surface area contributed by atoms with E-state index < -0.39 is 17.9 Å². The number of hydrogen-bond donors (Lipinski definition) is 3. The van der Waals surface area contributed by atoms with Crippen molar-refractivity contribution in [2.45, 2.75) is 31.3 Å². The van der Waals surface area contributed by atoms with Gasteiger partial charge in [-0.3, -0.25) is 29.1 Å². The summed E-state index contributed by atoms with van der Waals surface area (Å²) in [6.45, 7) is 3.07. The van der Waals surface area contributed by atoms with Gasteiger partial charge in [0.1, 0.15) is 0 Å². The van der Waals surface area contributed by atoms with Crippen LogP contribution in [0.5, 0.6) is 0 Å². The summed E-state index contributed by atoms with van der Waals surface area (Å²) in [5.74, 6) is -2.71. The molecule has 2 saturated heterocycles. The molecule has 10 heteroatoms. The molecule has 0 aromatic rings. The van der Waals surface area contributed by atoms with E-state index in [1.165, 1.54) is 0 Å². The lowest BCUT2D eigenvalue weighted by atomic mass is 9.94. The van der Waals surface area contributed by atoms with E-state index >= 15 is 0 Å². The van der Waals surface area contributed by atoms with Gasteiger partial charge in [-0.1, -0.05) is 6.42 Å². The molecule has 0 saturated carbocycles. The first-order valence-electron chi connectivity index (χ1n) is 9.79. The molecule has 2 heterocycles. The Labute approximate surface area is 165 Å². The third-order valence-corrected chi connectivity index (χ3v) is 5.57. The number of rotatable bonds is 6. The zero-order valence-electron chi connectivity index (χ0n) is 16.5. The third kappa shape index (κ3) is 7.34. The molecule has 0 aromatic heterocycles. The van der Waals surface area contributed by atoms with E-state index in [2.05, 4.69) is 4.90 Å². The molecule has 160 valence electrons. The minimum atomic E-state index is -0.936. The maximum absolute atomic E-state index is 11.4. The Hall–Kier alpha value is -1.75. The van der Waals surface area contributed by atoms with Crippen LogP contribution in [0.4, 0.5) is 0 Å². The second kappa shape index (κ2) is 10.7. The average Bonchev–Trinajstić information content (AvgIpc) is 2.58. The molecule has 10 nitrogen and oxygen atoms in total. The van der Waals surface area contributed by atoms with E-state index in [1.54, 1.807) is 0 Å². The van der Waals surface area contributed by atoms with Crippen LogP contribution >= 0.6 is 0 Å². The Morgan fingerprint density at radius 2 is 1.25 bits per heavy atom. The molecule has 3 N–H and O–H groups in total. The Morgan fingerprint density at radius 3 is 1.86 bits per heavy atom. The number of hydrogen-bond acceptors (Lipinski definition) is 7. The van der Waals surface area contributed by atoms with Crippen LogP contribution in [-0.4, -0.2) is 131 Å². The van der Waals surface area contributed by atoms with Gasteiger partial charge in [0.2, 0.25) is 0 Å². The molecule has 0 radical (unpaired) electrons. The molecule has 28 heavy (non-hydrogen) atoms. The number of nitrogens with zero attached hydrogens (tertiary/aromatic N) is 4. The highest BCUT2D eigenvalue weighted by Gasteiger charge is 2.34. The molecule has 2 bridgehead atoms. The van der Waals surface area contributed by atoms with Gasteiger partial charge in [-0.2, -0.15) is 0 Å². The van der Waals surface area contributed by atoms with Gasteiger partial charge in [-0.05, 0) is 19.9 Å². The highest BCUT2D eigenvalue weighted by Crippen LogP contribution is 2.24. The van der Waals surface area contributed by atoms with Crippen LogP contribution in [-0.2, 0) is 14.4 Å². The standard InChI is InChI=1S/C18H32N4O6/c1-19-5-6-20(11-16(23)24)7-8-21(12-17(25)26)10-15-4-2-3-14(9-19)22(15)13-18(27)28/h14-15H,2-13H2,1H3,(H,23,24)(H,25,26)(H,27,28)/t14-,15+/m1/s1. The second-order valence-corrected chi connectivity index (χ2v) is 7.87. The van der Waals surface area contributed by atoms with Gasteiger partial charge >= 0.3 is 17.9 Å². The maximum atomic E-state index is 11.4. The van der Waals surface area contributed by atoms with Crippen LogP contribution < -0.4 is 0 Å². The quantitative estimate of drug-likeness (QED) is 0.512. The van der Waals surface area contributed by atoms with Crippen LogP contribution in [0.1, 0.15) is 19.3 Å². The smallest absolute Gasteiger partial charge is 0.317 e. The van der Waals surface area contributed by atoms with Gasteiger partial charge in [0, 0.05) is 51.4 Å². The lowest BCUT2D eigenvalue weighted by Gasteiger charge is -2.45. The predicted octanol–water partition coefficient (Wildman–Crippen LogP) is -0.987. The SMILES string of the molecule is CN1CCN(CC(=O)O)CCN(CC(=O)O)C[C@@H]2CCC[C@H](C1)N2CC(=O)O. The normalized spacial score (nSPS) is 26.9. The van der Waals surface area contributed by atoms with Crippen LogP contribution in [0.2, 0.25) is 0 Å². The van der Waals surface area contributed by atoms with Gasteiger partial charge in [0.15, 0.2) is 0 Å². The molecular formula is C18H32N4O6. The lowest BCUT2D eigenvalue weighted by molar-refractivity contribution is -0.142. The fourth-order valence-electron chi connectivity index (χ4n) is 4.26. The summed E-state index contributed by atoms with van der Waals surface area (Å²) in [5.41, 5.74) is 0. The van der Waals surface area contributed by atoms with Gasteiger partial charge < -0.3 is 20.2 Å². The first-order valence-corrected chi connectivity index (χ1v) is 9.79. The van der Waals surface area contributed by atoms with Crippen molar-refractivity contribution >= 4 is 17.9 Å². The predicted molar refractivity (Wildman–Crippen MR) is 101 cm³/mol. The molecule has 2 aliphatic heterocycles. The van der Waals surface area contributed by atoms with Crippen LogP contribution in [0.15, 0.2) is 0 Å². The minimum absolute atomic E-state index is 0.0186. The fraction of sp³-hybridized carbons (Fsp3) is 0.833. The molecule has 2 rings (SSSR count). The number of likely N-dealkylation sites (N-methyl/N-ethyl adjacent to an activating group) is 1. The number of piperidine rings is 1. The zero-order valence-corrected chi connectivity index (χ0v) is 16.5. The van der Waals surface area contributed by atoms with Crippen molar-refractivity contribution in [3.05, 3.63) is 0 Å². The number of carbonyl (C=O) groups is 3. The first-order chi connectivity index (χ1) is 13.2. The Morgan fingerprint density at radius 1 is 0.750 bits per heavy atom. The maximum Gasteiger partial charge on any atom is 0.317 e. The topological polar surface area (TPSA) is 125 Å².